The van der Waals surface area contributed by atoms with Gasteiger partial charge in [0, 0.05) is 19.6 Å². The average Bonchev–Trinajstić information content (AvgIpc) is 2.59. The molecule has 0 bridgehead atoms. The molecule has 4 heteroatoms. The Hall–Kier alpha value is -1.39. The highest BCUT2D eigenvalue weighted by molar-refractivity contribution is 5.82. The first-order valence-corrected chi connectivity index (χ1v) is 6.48. The molecule has 0 aromatic heterocycles. The van der Waals surface area contributed by atoms with Crippen molar-refractivity contribution in [2.75, 3.05) is 26.2 Å². The fourth-order valence-electron chi connectivity index (χ4n) is 2.32. The van der Waals surface area contributed by atoms with Crippen LogP contribution in [0.1, 0.15) is 12.0 Å². The van der Waals surface area contributed by atoms with Crippen molar-refractivity contribution in [3.05, 3.63) is 35.9 Å². The van der Waals surface area contributed by atoms with Gasteiger partial charge >= 0.3 is 0 Å². The second-order valence-electron chi connectivity index (χ2n) is 4.61. The summed E-state index contributed by atoms with van der Waals surface area (Å²) in [4.78, 5) is 13.8. The number of hydrogen-bond donors (Lipinski definition) is 2. The van der Waals surface area contributed by atoms with Crippen LogP contribution in [-0.4, -0.2) is 48.2 Å². The number of carbonyl (C=O) groups excluding carboxylic acids is 1. The lowest BCUT2D eigenvalue weighted by Gasteiger charge is -2.26. The van der Waals surface area contributed by atoms with Crippen molar-refractivity contribution in [1.29, 1.82) is 0 Å². The number of amides is 1. The number of benzene rings is 1. The van der Waals surface area contributed by atoms with Gasteiger partial charge in [0.15, 0.2) is 0 Å². The molecule has 2 rings (SSSR count). The molecular formula is C14H20N2O2. The minimum atomic E-state index is -0.392. The number of rotatable bonds is 4. The Morgan fingerprint density at radius 3 is 2.83 bits per heavy atom. The summed E-state index contributed by atoms with van der Waals surface area (Å²) >= 11 is 0. The van der Waals surface area contributed by atoms with Gasteiger partial charge in [0.05, 0.1) is 6.61 Å². The van der Waals surface area contributed by atoms with E-state index in [4.69, 9.17) is 0 Å². The Kier molecular flexibility index (Phi) is 4.73. The van der Waals surface area contributed by atoms with Crippen LogP contribution in [-0.2, 0) is 11.2 Å². The van der Waals surface area contributed by atoms with Gasteiger partial charge in [-0.05, 0) is 18.4 Å². The molecule has 0 spiro atoms. The third-order valence-corrected chi connectivity index (χ3v) is 3.37. The van der Waals surface area contributed by atoms with Crippen LogP contribution in [0.4, 0.5) is 0 Å². The molecule has 0 saturated carbocycles. The standard InChI is InChI=1S/C14H20N2O2/c17-11-13-14(18)15-8-4-9-16(13)10-7-12-5-2-1-3-6-12/h1-3,5-6,13,17H,4,7-11H2,(H,15,18). The van der Waals surface area contributed by atoms with Crippen LogP contribution in [0.5, 0.6) is 0 Å². The van der Waals surface area contributed by atoms with E-state index in [9.17, 15) is 9.90 Å². The summed E-state index contributed by atoms with van der Waals surface area (Å²) in [6.07, 6.45) is 1.85. The summed E-state index contributed by atoms with van der Waals surface area (Å²) < 4.78 is 0. The molecule has 1 fully saturated rings. The van der Waals surface area contributed by atoms with Crippen molar-refractivity contribution in [2.24, 2.45) is 0 Å². The van der Waals surface area contributed by atoms with Crippen LogP contribution in [0.3, 0.4) is 0 Å². The first-order valence-electron chi connectivity index (χ1n) is 6.48. The van der Waals surface area contributed by atoms with Gasteiger partial charge in [-0.1, -0.05) is 30.3 Å². The molecule has 0 aliphatic carbocycles. The molecule has 18 heavy (non-hydrogen) atoms. The second-order valence-corrected chi connectivity index (χ2v) is 4.61. The monoisotopic (exact) mass is 248 g/mol. The zero-order valence-electron chi connectivity index (χ0n) is 10.5. The van der Waals surface area contributed by atoms with Crippen LogP contribution >= 0.6 is 0 Å². The summed E-state index contributed by atoms with van der Waals surface area (Å²) in [5.41, 5.74) is 1.26. The molecule has 1 saturated heterocycles. The van der Waals surface area contributed by atoms with E-state index in [1.165, 1.54) is 5.56 Å². The van der Waals surface area contributed by atoms with Gasteiger partial charge in [0.1, 0.15) is 6.04 Å². The number of nitrogens with one attached hydrogen (secondary N) is 1. The lowest BCUT2D eigenvalue weighted by molar-refractivity contribution is -0.126. The maximum atomic E-state index is 11.8. The van der Waals surface area contributed by atoms with Crippen molar-refractivity contribution in [1.82, 2.24) is 10.2 Å². The fourth-order valence-corrected chi connectivity index (χ4v) is 2.32. The van der Waals surface area contributed by atoms with E-state index in [-0.39, 0.29) is 12.5 Å². The molecule has 2 N–H and O–H groups in total. The van der Waals surface area contributed by atoms with Crippen molar-refractivity contribution < 1.29 is 9.90 Å². The second kappa shape index (κ2) is 6.52. The van der Waals surface area contributed by atoms with E-state index in [0.29, 0.717) is 6.54 Å². The molecule has 1 aliphatic heterocycles. The van der Waals surface area contributed by atoms with E-state index < -0.39 is 6.04 Å². The number of aliphatic hydroxyl groups excluding tert-OH is 1. The van der Waals surface area contributed by atoms with Crippen molar-refractivity contribution in [3.8, 4) is 0 Å². The summed E-state index contributed by atoms with van der Waals surface area (Å²) in [5, 5.41) is 12.2. The highest BCUT2D eigenvalue weighted by Crippen LogP contribution is 2.08. The normalized spacial score (nSPS) is 21.4. The Balaban J connectivity index is 1.95. The Labute approximate surface area is 108 Å². The van der Waals surface area contributed by atoms with E-state index in [2.05, 4.69) is 22.3 Å². The maximum absolute atomic E-state index is 11.8. The van der Waals surface area contributed by atoms with Crippen LogP contribution in [0.2, 0.25) is 0 Å². The number of carbonyl (C=O) groups is 1. The van der Waals surface area contributed by atoms with Gasteiger partial charge in [-0.15, -0.1) is 0 Å². The van der Waals surface area contributed by atoms with E-state index in [0.717, 1.165) is 25.9 Å². The van der Waals surface area contributed by atoms with E-state index >= 15 is 0 Å². The van der Waals surface area contributed by atoms with Gasteiger partial charge in [0.25, 0.3) is 0 Å². The van der Waals surface area contributed by atoms with Crippen LogP contribution < -0.4 is 5.32 Å². The SMILES string of the molecule is O=C1NCCCN(CCc2ccccc2)C1CO. The molecule has 1 unspecified atom stereocenters. The van der Waals surface area contributed by atoms with Crippen LogP contribution in [0, 0.1) is 0 Å². The average molecular weight is 248 g/mol. The minimum Gasteiger partial charge on any atom is -0.394 e. The van der Waals surface area contributed by atoms with Gasteiger partial charge < -0.3 is 10.4 Å². The lowest BCUT2D eigenvalue weighted by atomic mass is 10.1. The van der Waals surface area contributed by atoms with Crippen molar-refractivity contribution in [3.63, 3.8) is 0 Å². The van der Waals surface area contributed by atoms with Crippen LogP contribution in [0.25, 0.3) is 0 Å². The highest BCUT2D eigenvalue weighted by atomic mass is 16.3. The topological polar surface area (TPSA) is 52.6 Å². The zero-order chi connectivity index (χ0) is 12.8. The largest absolute Gasteiger partial charge is 0.394 e. The molecule has 1 amide bonds. The van der Waals surface area contributed by atoms with Gasteiger partial charge in [-0.25, -0.2) is 0 Å². The first-order chi connectivity index (χ1) is 8.81. The van der Waals surface area contributed by atoms with E-state index in [1.54, 1.807) is 0 Å². The van der Waals surface area contributed by atoms with Gasteiger partial charge in [-0.2, -0.15) is 0 Å². The molecule has 1 aromatic rings. The molecule has 1 aromatic carbocycles. The predicted octanol–water partition coefficient (Wildman–Crippen LogP) is 0.412. The molecule has 0 radical (unpaired) electrons. The summed E-state index contributed by atoms with van der Waals surface area (Å²) in [5.74, 6) is -0.0527. The van der Waals surface area contributed by atoms with Crippen molar-refractivity contribution in [2.45, 2.75) is 18.9 Å². The van der Waals surface area contributed by atoms with Crippen LogP contribution in [0.15, 0.2) is 30.3 Å². The number of hydrogen-bond acceptors (Lipinski definition) is 3. The third kappa shape index (κ3) is 3.31. The molecule has 98 valence electrons. The first kappa shape index (κ1) is 13.1. The van der Waals surface area contributed by atoms with E-state index in [1.807, 2.05) is 18.2 Å². The summed E-state index contributed by atoms with van der Waals surface area (Å²) in [7, 11) is 0. The predicted molar refractivity (Wildman–Crippen MR) is 70.2 cm³/mol. The molecular weight excluding hydrogens is 228 g/mol. The van der Waals surface area contributed by atoms with Crippen molar-refractivity contribution >= 4 is 5.91 Å². The summed E-state index contributed by atoms with van der Waals surface area (Å²) in [6, 6.07) is 9.83. The van der Waals surface area contributed by atoms with Gasteiger partial charge in [0.2, 0.25) is 5.91 Å². The Morgan fingerprint density at radius 1 is 1.33 bits per heavy atom. The lowest BCUT2D eigenvalue weighted by Crippen LogP contribution is -2.47. The fraction of sp³-hybridized carbons (Fsp3) is 0.500. The quantitative estimate of drug-likeness (QED) is 0.811. The molecule has 4 nitrogen and oxygen atoms in total. The highest BCUT2D eigenvalue weighted by Gasteiger charge is 2.26. The Morgan fingerprint density at radius 2 is 2.11 bits per heavy atom. The third-order valence-electron chi connectivity index (χ3n) is 3.37. The number of nitrogens with zero attached hydrogens (tertiary/aromatic N) is 1. The van der Waals surface area contributed by atoms with Gasteiger partial charge in [-0.3, -0.25) is 9.69 Å². The molecule has 1 heterocycles. The zero-order valence-corrected chi connectivity index (χ0v) is 10.5. The smallest absolute Gasteiger partial charge is 0.239 e. The Bertz CT molecular complexity index is 381. The maximum Gasteiger partial charge on any atom is 0.239 e. The molecule has 1 aliphatic rings. The minimum absolute atomic E-state index is 0.0527. The summed E-state index contributed by atoms with van der Waals surface area (Å²) in [6.45, 7) is 2.26. The number of aliphatic hydroxyl groups is 1. The molecule has 1 atom stereocenters.